The molecule has 1 aromatic rings. The lowest BCUT2D eigenvalue weighted by Crippen LogP contribution is -2.37. The van der Waals surface area contributed by atoms with Gasteiger partial charge in [0.2, 0.25) is 11.8 Å². The van der Waals surface area contributed by atoms with Crippen LogP contribution >= 0.6 is 0 Å². The average Bonchev–Trinajstić information content (AvgIpc) is 2.83. The van der Waals surface area contributed by atoms with Crippen molar-refractivity contribution in [2.24, 2.45) is 11.8 Å². The fourth-order valence-corrected chi connectivity index (χ4v) is 2.68. The Morgan fingerprint density at radius 3 is 2.68 bits per heavy atom. The Kier molecular flexibility index (Phi) is 5.22. The first-order valence-electron chi connectivity index (χ1n) is 8.06. The molecule has 1 aliphatic heterocycles. The van der Waals surface area contributed by atoms with E-state index >= 15 is 0 Å². The van der Waals surface area contributed by atoms with Gasteiger partial charge in [-0.25, -0.2) is 0 Å². The highest BCUT2D eigenvalue weighted by molar-refractivity contribution is 6.09. The Morgan fingerprint density at radius 2 is 2.05 bits per heavy atom. The summed E-state index contributed by atoms with van der Waals surface area (Å²) in [6.45, 7) is 9.58. The van der Waals surface area contributed by atoms with E-state index in [1.165, 1.54) is 5.56 Å². The van der Waals surface area contributed by atoms with Crippen molar-refractivity contribution >= 4 is 17.5 Å². The van der Waals surface area contributed by atoms with Crippen molar-refractivity contribution < 1.29 is 9.59 Å². The molecule has 0 spiro atoms. The Labute approximate surface area is 132 Å². The van der Waals surface area contributed by atoms with Crippen LogP contribution in [0.5, 0.6) is 0 Å². The third-order valence-corrected chi connectivity index (χ3v) is 4.35. The number of hydrogen-bond donors (Lipinski definition) is 1. The lowest BCUT2D eigenvalue weighted by Gasteiger charge is -2.18. The number of carbonyl (C=O) groups excluding carboxylic acids is 2. The molecule has 0 bridgehead atoms. The zero-order valence-electron chi connectivity index (χ0n) is 14.0. The van der Waals surface area contributed by atoms with Gasteiger partial charge in [0.25, 0.3) is 0 Å². The van der Waals surface area contributed by atoms with Gasteiger partial charge in [0, 0.05) is 18.8 Å². The van der Waals surface area contributed by atoms with Gasteiger partial charge in [0.05, 0.1) is 0 Å². The van der Waals surface area contributed by atoms with Crippen LogP contribution in [0.4, 0.5) is 5.69 Å². The third kappa shape index (κ3) is 3.67. The molecule has 2 rings (SSSR count). The van der Waals surface area contributed by atoms with Gasteiger partial charge in [0.1, 0.15) is 5.92 Å². The van der Waals surface area contributed by atoms with Crippen molar-refractivity contribution in [3.63, 3.8) is 0 Å². The SMILES string of the molecule is Cc1ccc(N2CCC(C(=O)NCCC(C)C)C2=O)cc1C. The van der Waals surface area contributed by atoms with Crippen LogP contribution in [0.2, 0.25) is 0 Å². The maximum Gasteiger partial charge on any atom is 0.239 e. The van der Waals surface area contributed by atoms with Crippen molar-refractivity contribution in [3.05, 3.63) is 29.3 Å². The summed E-state index contributed by atoms with van der Waals surface area (Å²) < 4.78 is 0. The molecule has 1 atom stereocenters. The van der Waals surface area contributed by atoms with Crippen LogP contribution in [-0.2, 0) is 9.59 Å². The first kappa shape index (κ1) is 16.5. The molecule has 1 aliphatic rings. The second-order valence-corrected chi connectivity index (χ2v) is 6.57. The van der Waals surface area contributed by atoms with Gasteiger partial charge >= 0.3 is 0 Å². The minimum absolute atomic E-state index is 0.0784. The monoisotopic (exact) mass is 302 g/mol. The zero-order chi connectivity index (χ0) is 16.3. The minimum atomic E-state index is -0.534. The fraction of sp³-hybridized carbons (Fsp3) is 0.556. The molecule has 120 valence electrons. The molecule has 0 aromatic heterocycles. The second-order valence-electron chi connectivity index (χ2n) is 6.57. The van der Waals surface area contributed by atoms with Crippen LogP contribution in [-0.4, -0.2) is 24.9 Å². The quantitative estimate of drug-likeness (QED) is 0.850. The molecule has 22 heavy (non-hydrogen) atoms. The smallest absolute Gasteiger partial charge is 0.239 e. The normalized spacial score (nSPS) is 18.1. The van der Waals surface area contributed by atoms with E-state index in [0.29, 0.717) is 25.4 Å². The van der Waals surface area contributed by atoms with Crippen LogP contribution in [0.1, 0.15) is 37.8 Å². The summed E-state index contributed by atoms with van der Waals surface area (Å²) >= 11 is 0. The summed E-state index contributed by atoms with van der Waals surface area (Å²) in [6.07, 6.45) is 1.53. The lowest BCUT2D eigenvalue weighted by atomic mass is 10.1. The maximum absolute atomic E-state index is 12.5. The van der Waals surface area contributed by atoms with Crippen molar-refractivity contribution in [1.82, 2.24) is 5.32 Å². The van der Waals surface area contributed by atoms with Crippen molar-refractivity contribution in [1.29, 1.82) is 0 Å². The molecule has 1 saturated heterocycles. The zero-order valence-corrected chi connectivity index (χ0v) is 14.0. The number of anilines is 1. The molecule has 1 N–H and O–H groups in total. The highest BCUT2D eigenvalue weighted by Crippen LogP contribution is 2.27. The predicted octanol–water partition coefficient (Wildman–Crippen LogP) is 2.82. The van der Waals surface area contributed by atoms with Crippen LogP contribution in [0.3, 0.4) is 0 Å². The highest BCUT2D eigenvalue weighted by atomic mass is 16.2. The van der Waals surface area contributed by atoms with Gasteiger partial charge in [-0.15, -0.1) is 0 Å². The van der Waals surface area contributed by atoms with E-state index in [1.807, 2.05) is 25.1 Å². The number of hydrogen-bond acceptors (Lipinski definition) is 2. The largest absolute Gasteiger partial charge is 0.355 e. The molecule has 2 amide bonds. The van der Waals surface area contributed by atoms with Gasteiger partial charge < -0.3 is 10.2 Å². The van der Waals surface area contributed by atoms with Crippen molar-refractivity contribution in [2.45, 2.75) is 40.5 Å². The Hall–Kier alpha value is -1.84. The number of benzene rings is 1. The third-order valence-electron chi connectivity index (χ3n) is 4.35. The van der Waals surface area contributed by atoms with E-state index in [-0.39, 0.29) is 11.8 Å². The first-order valence-corrected chi connectivity index (χ1v) is 8.06. The number of nitrogens with one attached hydrogen (secondary N) is 1. The standard InChI is InChI=1S/C18H26N2O2/c1-12(2)7-9-19-17(21)16-8-10-20(18(16)22)15-6-5-13(3)14(4)11-15/h5-6,11-12,16H,7-10H2,1-4H3,(H,19,21). The fourth-order valence-electron chi connectivity index (χ4n) is 2.68. The number of carbonyl (C=O) groups is 2. The molecular formula is C18H26N2O2. The van der Waals surface area contributed by atoms with Gasteiger partial charge in [-0.2, -0.15) is 0 Å². The number of amides is 2. The van der Waals surface area contributed by atoms with Crippen molar-refractivity contribution in [2.75, 3.05) is 18.0 Å². The molecule has 0 saturated carbocycles. The summed E-state index contributed by atoms with van der Waals surface area (Å²) in [5, 5.41) is 2.89. The highest BCUT2D eigenvalue weighted by Gasteiger charge is 2.37. The molecule has 4 nitrogen and oxygen atoms in total. The maximum atomic E-state index is 12.5. The summed E-state index contributed by atoms with van der Waals surface area (Å²) in [5.74, 6) is -0.192. The van der Waals surface area contributed by atoms with Crippen LogP contribution in [0.15, 0.2) is 18.2 Å². The Bertz CT molecular complexity index is 566. The molecule has 1 fully saturated rings. The Balaban J connectivity index is 2.00. The first-order chi connectivity index (χ1) is 10.4. The van der Waals surface area contributed by atoms with E-state index in [1.54, 1.807) is 4.90 Å². The van der Waals surface area contributed by atoms with Crippen LogP contribution in [0, 0.1) is 25.7 Å². The predicted molar refractivity (Wildman–Crippen MR) is 88.8 cm³/mol. The molecule has 1 unspecified atom stereocenters. The minimum Gasteiger partial charge on any atom is -0.355 e. The second kappa shape index (κ2) is 6.95. The van der Waals surface area contributed by atoms with Gasteiger partial charge in [-0.3, -0.25) is 9.59 Å². The summed E-state index contributed by atoms with van der Waals surface area (Å²) in [5.41, 5.74) is 3.26. The molecule has 0 radical (unpaired) electrons. The van der Waals surface area contributed by atoms with Crippen LogP contribution < -0.4 is 10.2 Å². The molecule has 0 aliphatic carbocycles. The van der Waals surface area contributed by atoms with E-state index in [9.17, 15) is 9.59 Å². The van der Waals surface area contributed by atoms with Gasteiger partial charge in [-0.1, -0.05) is 19.9 Å². The van der Waals surface area contributed by atoms with E-state index in [2.05, 4.69) is 26.1 Å². The molecule has 1 heterocycles. The summed E-state index contributed by atoms with van der Waals surface area (Å²) in [6, 6.07) is 6.00. The number of rotatable bonds is 5. The molecule has 1 aromatic carbocycles. The lowest BCUT2D eigenvalue weighted by molar-refractivity contribution is -0.132. The van der Waals surface area contributed by atoms with Gasteiger partial charge in [0.15, 0.2) is 0 Å². The molecular weight excluding hydrogens is 276 g/mol. The molecule has 4 heteroatoms. The van der Waals surface area contributed by atoms with Gasteiger partial charge in [-0.05, 0) is 55.9 Å². The summed E-state index contributed by atoms with van der Waals surface area (Å²) in [7, 11) is 0. The average molecular weight is 302 g/mol. The van der Waals surface area contributed by atoms with E-state index in [0.717, 1.165) is 17.7 Å². The topological polar surface area (TPSA) is 49.4 Å². The number of aryl methyl sites for hydroxylation is 2. The number of nitrogens with zero attached hydrogens (tertiary/aromatic N) is 1. The summed E-state index contributed by atoms with van der Waals surface area (Å²) in [4.78, 5) is 26.4. The van der Waals surface area contributed by atoms with E-state index in [4.69, 9.17) is 0 Å². The Morgan fingerprint density at radius 1 is 1.32 bits per heavy atom. The van der Waals surface area contributed by atoms with Crippen molar-refractivity contribution in [3.8, 4) is 0 Å². The van der Waals surface area contributed by atoms with Crippen LogP contribution in [0.25, 0.3) is 0 Å². The van der Waals surface area contributed by atoms with E-state index < -0.39 is 5.92 Å².